The van der Waals surface area contributed by atoms with Crippen LogP contribution < -0.4 is 5.32 Å². The summed E-state index contributed by atoms with van der Waals surface area (Å²) in [6, 6.07) is 15.1. The first-order valence-corrected chi connectivity index (χ1v) is 8.99. The standard InChI is InChI=1S/C22H24N2O/c1-14-5-4-6-17(11-14)13-24-16(3)15(2)20-12-18(7-10-21(20)24)22(25)23-19-8-9-19/h4-7,10-12,19H,8-9,13H2,1-3H3,(H,23,25). The Morgan fingerprint density at radius 2 is 1.92 bits per heavy atom. The zero-order valence-corrected chi connectivity index (χ0v) is 15.1. The maximum atomic E-state index is 12.4. The van der Waals surface area contributed by atoms with Crippen LogP contribution in [0.2, 0.25) is 0 Å². The fourth-order valence-electron chi connectivity index (χ4n) is 3.48. The highest BCUT2D eigenvalue weighted by molar-refractivity contribution is 5.99. The summed E-state index contributed by atoms with van der Waals surface area (Å²) in [5.41, 5.74) is 7.05. The van der Waals surface area contributed by atoms with Gasteiger partial charge in [-0.05, 0) is 62.9 Å². The molecule has 0 unspecified atom stereocenters. The number of hydrogen-bond acceptors (Lipinski definition) is 1. The van der Waals surface area contributed by atoms with Gasteiger partial charge in [-0.15, -0.1) is 0 Å². The number of hydrogen-bond donors (Lipinski definition) is 1. The molecule has 1 saturated carbocycles. The number of aryl methyl sites for hydroxylation is 2. The average Bonchev–Trinajstić information content (AvgIpc) is 3.38. The Bertz CT molecular complexity index is 964. The zero-order valence-electron chi connectivity index (χ0n) is 15.1. The Labute approximate surface area is 148 Å². The molecule has 1 N–H and O–H groups in total. The topological polar surface area (TPSA) is 34.0 Å². The van der Waals surface area contributed by atoms with E-state index < -0.39 is 0 Å². The second-order valence-corrected chi connectivity index (χ2v) is 7.27. The Morgan fingerprint density at radius 3 is 2.64 bits per heavy atom. The maximum Gasteiger partial charge on any atom is 0.251 e. The molecule has 2 aromatic carbocycles. The van der Waals surface area contributed by atoms with Gasteiger partial charge in [0, 0.05) is 34.7 Å². The van der Waals surface area contributed by atoms with Crippen LogP contribution in [0.3, 0.4) is 0 Å². The summed E-state index contributed by atoms with van der Waals surface area (Å²) < 4.78 is 2.35. The molecule has 128 valence electrons. The van der Waals surface area contributed by atoms with Gasteiger partial charge in [-0.3, -0.25) is 4.79 Å². The molecule has 3 heteroatoms. The number of carbonyl (C=O) groups excluding carboxylic acids is 1. The molecule has 0 atom stereocenters. The molecule has 0 saturated heterocycles. The Morgan fingerprint density at radius 1 is 1.12 bits per heavy atom. The molecule has 1 aromatic heterocycles. The van der Waals surface area contributed by atoms with Crippen LogP contribution >= 0.6 is 0 Å². The van der Waals surface area contributed by atoms with Gasteiger partial charge < -0.3 is 9.88 Å². The van der Waals surface area contributed by atoms with Crippen molar-refractivity contribution < 1.29 is 4.79 Å². The minimum absolute atomic E-state index is 0.0490. The molecule has 3 aromatic rings. The van der Waals surface area contributed by atoms with E-state index in [4.69, 9.17) is 0 Å². The molecule has 1 aliphatic rings. The molecule has 1 fully saturated rings. The highest BCUT2D eigenvalue weighted by Gasteiger charge is 2.24. The highest BCUT2D eigenvalue weighted by Crippen LogP contribution is 2.28. The third-order valence-electron chi connectivity index (χ3n) is 5.24. The lowest BCUT2D eigenvalue weighted by Gasteiger charge is -2.10. The van der Waals surface area contributed by atoms with Gasteiger partial charge in [-0.1, -0.05) is 29.8 Å². The molecule has 1 heterocycles. The van der Waals surface area contributed by atoms with Crippen molar-refractivity contribution in [3.05, 3.63) is 70.4 Å². The summed E-state index contributed by atoms with van der Waals surface area (Å²) in [5, 5.41) is 4.25. The quantitative estimate of drug-likeness (QED) is 0.749. The molecular formula is C22H24N2O. The van der Waals surface area contributed by atoms with Gasteiger partial charge in [0.05, 0.1) is 0 Å². The lowest BCUT2D eigenvalue weighted by atomic mass is 10.1. The van der Waals surface area contributed by atoms with Crippen molar-refractivity contribution in [2.24, 2.45) is 0 Å². The first-order chi connectivity index (χ1) is 12.0. The molecular weight excluding hydrogens is 308 g/mol. The van der Waals surface area contributed by atoms with Crippen LogP contribution in [0.1, 0.15) is 45.6 Å². The molecule has 0 aliphatic heterocycles. The SMILES string of the molecule is Cc1cccc(Cn2c(C)c(C)c3cc(C(=O)NC4CC4)ccc32)c1. The Hall–Kier alpha value is -2.55. The summed E-state index contributed by atoms with van der Waals surface area (Å²) in [6.45, 7) is 7.29. The highest BCUT2D eigenvalue weighted by atomic mass is 16.1. The van der Waals surface area contributed by atoms with E-state index >= 15 is 0 Å². The zero-order chi connectivity index (χ0) is 17.6. The fourth-order valence-corrected chi connectivity index (χ4v) is 3.48. The Balaban J connectivity index is 1.72. The van der Waals surface area contributed by atoms with Crippen molar-refractivity contribution in [2.75, 3.05) is 0 Å². The van der Waals surface area contributed by atoms with Gasteiger partial charge in [-0.25, -0.2) is 0 Å². The van der Waals surface area contributed by atoms with E-state index in [0.717, 1.165) is 24.9 Å². The number of carbonyl (C=O) groups is 1. The van der Waals surface area contributed by atoms with E-state index in [1.165, 1.54) is 33.3 Å². The predicted molar refractivity (Wildman–Crippen MR) is 102 cm³/mol. The molecule has 25 heavy (non-hydrogen) atoms. The normalized spacial score (nSPS) is 14.0. The number of nitrogens with one attached hydrogen (secondary N) is 1. The number of amides is 1. The maximum absolute atomic E-state index is 12.4. The minimum atomic E-state index is 0.0490. The van der Waals surface area contributed by atoms with Crippen LogP contribution in [0.4, 0.5) is 0 Å². The number of benzene rings is 2. The summed E-state index contributed by atoms with van der Waals surface area (Å²) >= 11 is 0. The third kappa shape index (κ3) is 3.07. The van der Waals surface area contributed by atoms with E-state index in [1.807, 2.05) is 12.1 Å². The van der Waals surface area contributed by atoms with E-state index in [9.17, 15) is 4.79 Å². The van der Waals surface area contributed by atoms with E-state index in [2.05, 4.69) is 61.0 Å². The van der Waals surface area contributed by atoms with Crippen LogP contribution in [0.15, 0.2) is 42.5 Å². The van der Waals surface area contributed by atoms with Crippen LogP contribution in [-0.2, 0) is 6.54 Å². The van der Waals surface area contributed by atoms with Crippen molar-refractivity contribution >= 4 is 16.8 Å². The smallest absolute Gasteiger partial charge is 0.251 e. The van der Waals surface area contributed by atoms with Gasteiger partial charge in [0.25, 0.3) is 5.91 Å². The summed E-state index contributed by atoms with van der Waals surface area (Å²) in [5.74, 6) is 0.0490. The second-order valence-electron chi connectivity index (χ2n) is 7.27. The Kier molecular flexibility index (Phi) is 3.87. The van der Waals surface area contributed by atoms with E-state index in [1.54, 1.807) is 0 Å². The lowest BCUT2D eigenvalue weighted by molar-refractivity contribution is 0.0951. The number of aromatic nitrogens is 1. The summed E-state index contributed by atoms with van der Waals surface area (Å²) in [6.07, 6.45) is 2.22. The largest absolute Gasteiger partial charge is 0.349 e. The van der Waals surface area contributed by atoms with Crippen molar-refractivity contribution in [1.82, 2.24) is 9.88 Å². The number of rotatable bonds is 4. The first-order valence-electron chi connectivity index (χ1n) is 8.99. The van der Waals surface area contributed by atoms with Gasteiger partial charge in [-0.2, -0.15) is 0 Å². The monoisotopic (exact) mass is 332 g/mol. The number of nitrogens with zero attached hydrogens (tertiary/aromatic N) is 1. The van der Waals surface area contributed by atoms with Gasteiger partial charge in [0.15, 0.2) is 0 Å². The molecule has 1 amide bonds. The minimum Gasteiger partial charge on any atom is -0.349 e. The molecule has 0 spiro atoms. The van der Waals surface area contributed by atoms with Crippen LogP contribution in [-0.4, -0.2) is 16.5 Å². The summed E-state index contributed by atoms with van der Waals surface area (Å²) in [7, 11) is 0. The second kappa shape index (κ2) is 6.07. The van der Waals surface area contributed by atoms with Crippen molar-refractivity contribution in [3.8, 4) is 0 Å². The predicted octanol–water partition coefficient (Wildman–Crippen LogP) is 4.51. The first kappa shape index (κ1) is 15.9. The third-order valence-corrected chi connectivity index (χ3v) is 5.24. The number of fused-ring (bicyclic) bond motifs is 1. The lowest BCUT2D eigenvalue weighted by Crippen LogP contribution is -2.25. The van der Waals surface area contributed by atoms with Crippen molar-refractivity contribution in [3.63, 3.8) is 0 Å². The molecule has 0 bridgehead atoms. The van der Waals surface area contributed by atoms with E-state index in [-0.39, 0.29) is 5.91 Å². The van der Waals surface area contributed by atoms with Crippen LogP contribution in [0.25, 0.3) is 10.9 Å². The molecule has 1 aliphatic carbocycles. The van der Waals surface area contributed by atoms with Gasteiger partial charge in [0.2, 0.25) is 0 Å². The van der Waals surface area contributed by atoms with Crippen LogP contribution in [0.5, 0.6) is 0 Å². The van der Waals surface area contributed by atoms with Crippen molar-refractivity contribution in [1.29, 1.82) is 0 Å². The average molecular weight is 332 g/mol. The molecule has 4 rings (SSSR count). The van der Waals surface area contributed by atoms with Crippen molar-refractivity contribution in [2.45, 2.75) is 46.2 Å². The molecule has 0 radical (unpaired) electrons. The van der Waals surface area contributed by atoms with Gasteiger partial charge in [0.1, 0.15) is 0 Å². The fraction of sp³-hybridized carbons (Fsp3) is 0.318. The van der Waals surface area contributed by atoms with Crippen LogP contribution in [0, 0.1) is 20.8 Å². The van der Waals surface area contributed by atoms with E-state index in [0.29, 0.717) is 6.04 Å². The molecule has 3 nitrogen and oxygen atoms in total. The summed E-state index contributed by atoms with van der Waals surface area (Å²) in [4.78, 5) is 12.4. The van der Waals surface area contributed by atoms with Gasteiger partial charge >= 0.3 is 0 Å².